The van der Waals surface area contributed by atoms with Crippen LogP contribution >= 0.6 is 0 Å². The number of hydrogen-bond donors (Lipinski definition) is 2. The fourth-order valence-electron chi connectivity index (χ4n) is 2.09. The lowest BCUT2D eigenvalue weighted by atomic mass is 10.1. The molecule has 0 spiro atoms. The highest BCUT2D eigenvalue weighted by Gasteiger charge is 2.31. The maximum atomic E-state index is 12.6. The van der Waals surface area contributed by atoms with Gasteiger partial charge in [-0.15, -0.1) is 0 Å². The first kappa shape index (κ1) is 13.9. The molecule has 0 saturated carbocycles. The summed E-state index contributed by atoms with van der Waals surface area (Å²) in [7, 11) is 0. The number of benzene rings is 1. The van der Waals surface area contributed by atoms with E-state index >= 15 is 0 Å². The van der Waals surface area contributed by atoms with Crippen LogP contribution in [0, 0.1) is 5.92 Å². The SMILES string of the molecule is CC1CNCC1NC(=O)c1cccc(C(F)(F)F)c1. The summed E-state index contributed by atoms with van der Waals surface area (Å²) in [5, 5.41) is 5.87. The number of rotatable bonds is 2. The molecule has 0 radical (unpaired) electrons. The van der Waals surface area contributed by atoms with E-state index in [9.17, 15) is 18.0 Å². The zero-order valence-electron chi connectivity index (χ0n) is 10.4. The van der Waals surface area contributed by atoms with Gasteiger partial charge in [0.05, 0.1) is 5.56 Å². The normalized spacial score (nSPS) is 23.4. The zero-order chi connectivity index (χ0) is 14.0. The molecule has 19 heavy (non-hydrogen) atoms. The molecule has 0 bridgehead atoms. The molecule has 1 aromatic rings. The highest BCUT2D eigenvalue weighted by Crippen LogP contribution is 2.29. The van der Waals surface area contributed by atoms with E-state index in [1.807, 2.05) is 6.92 Å². The van der Waals surface area contributed by atoms with E-state index < -0.39 is 17.6 Å². The third-order valence-corrected chi connectivity index (χ3v) is 3.29. The molecule has 1 aliphatic heterocycles. The molecule has 2 unspecified atom stereocenters. The van der Waals surface area contributed by atoms with Crippen molar-refractivity contribution in [1.82, 2.24) is 10.6 Å². The molecule has 1 aromatic carbocycles. The van der Waals surface area contributed by atoms with Crippen molar-refractivity contribution in [3.8, 4) is 0 Å². The van der Waals surface area contributed by atoms with Crippen LogP contribution in [0.4, 0.5) is 13.2 Å². The standard InChI is InChI=1S/C13H15F3N2O/c1-8-6-17-7-11(8)18-12(19)9-3-2-4-10(5-9)13(14,15)16/h2-5,8,11,17H,6-7H2,1H3,(H,18,19). The van der Waals surface area contributed by atoms with E-state index in [-0.39, 0.29) is 17.5 Å². The predicted molar refractivity (Wildman–Crippen MR) is 64.7 cm³/mol. The molecular weight excluding hydrogens is 257 g/mol. The summed E-state index contributed by atoms with van der Waals surface area (Å²) in [5.74, 6) is -0.193. The second-order valence-corrected chi connectivity index (χ2v) is 4.79. The van der Waals surface area contributed by atoms with E-state index in [2.05, 4.69) is 10.6 Å². The Bertz CT molecular complexity index is 473. The van der Waals surface area contributed by atoms with Crippen molar-refractivity contribution < 1.29 is 18.0 Å². The Labute approximate surface area is 109 Å². The molecular formula is C13H15F3N2O. The summed E-state index contributed by atoms with van der Waals surface area (Å²) in [5.41, 5.74) is -0.772. The van der Waals surface area contributed by atoms with Crippen LogP contribution in [0.5, 0.6) is 0 Å². The topological polar surface area (TPSA) is 41.1 Å². The molecule has 104 valence electrons. The number of hydrogen-bond acceptors (Lipinski definition) is 2. The van der Waals surface area contributed by atoms with Crippen molar-refractivity contribution in [2.45, 2.75) is 19.1 Å². The second-order valence-electron chi connectivity index (χ2n) is 4.79. The Morgan fingerprint density at radius 3 is 2.68 bits per heavy atom. The molecule has 1 heterocycles. The van der Waals surface area contributed by atoms with Crippen LogP contribution in [0.3, 0.4) is 0 Å². The van der Waals surface area contributed by atoms with Gasteiger partial charge in [0, 0.05) is 18.2 Å². The molecule has 6 heteroatoms. The molecule has 0 aliphatic carbocycles. The zero-order valence-corrected chi connectivity index (χ0v) is 10.4. The van der Waals surface area contributed by atoms with E-state index in [1.54, 1.807) is 0 Å². The van der Waals surface area contributed by atoms with Crippen LogP contribution in [0.15, 0.2) is 24.3 Å². The summed E-state index contributed by atoms with van der Waals surface area (Å²) in [6.45, 7) is 3.43. The molecule has 2 atom stereocenters. The summed E-state index contributed by atoms with van der Waals surface area (Å²) >= 11 is 0. The average molecular weight is 272 g/mol. The van der Waals surface area contributed by atoms with Crippen LogP contribution < -0.4 is 10.6 Å². The van der Waals surface area contributed by atoms with Crippen molar-refractivity contribution >= 4 is 5.91 Å². The van der Waals surface area contributed by atoms with Gasteiger partial charge in [0.25, 0.3) is 5.91 Å². The fraction of sp³-hybridized carbons (Fsp3) is 0.462. The number of amides is 1. The van der Waals surface area contributed by atoms with Crippen molar-refractivity contribution in [3.63, 3.8) is 0 Å². The largest absolute Gasteiger partial charge is 0.416 e. The van der Waals surface area contributed by atoms with E-state index in [0.29, 0.717) is 6.54 Å². The Morgan fingerprint density at radius 1 is 1.37 bits per heavy atom. The first-order chi connectivity index (χ1) is 8.88. The predicted octanol–water partition coefficient (Wildman–Crippen LogP) is 2.04. The number of halogens is 3. The Morgan fingerprint density at radius 2 is 2.11 bits per heavy atom. The molecule has 0 aromatic heterocycles. The summed E-state index contributed by atoms with van der Waals surface area (Å²) in [4.78, 5) is 11.9. The lowest BCUT2D eigenvalue weighted by molar-refractivity contribution is -0.137. The Balaban J connectivity index is 2.11. The first-order valence-corrected chi connectivity index (χ1v) is 6.07. The molecule has 2 rings (SSSR count). The first-order valence-electron chi connectivity index (χ1n) is 6.07. The summed E-state index contributed by atoms with van der Waals surface area (Å²) in [6, 6.07) is 4.42. The van der Waals surface area contributed by atoms with E-state index in [0.717, 1.165) is 18.7 Å². The smallest absolute Gasteiger partial charge is 0.348 e. The van der Waals surface area contributed by atoms with Gasteiger partial charge in [0.2, 0.25) is 0 Å². The van der Waals surface area contributed by atoms with Crippen molar-refractivity contribution in [1.29, 1.82) is 0 Å². The molecule has 2 N–H and O–H groups in total. The van der Waals surface area contributed by atoms with Crippen LogP contribution in [0.25, 0.3) is 0 Å². The minimum atomic E-state index is -4.43. The van der Waals surface area contributed by atoms with Gasteiger partial charge in [0.15, 0.2) is 0 Å². The van der Waals surface area contributed by atoms with E-state index in [1.165, 1.54) is 12.1 Å². The van der Waals surface area contributed by atoms with Gasteiger partial charge >= 0.3 is 6.18 Å². The number of carbonyl (C=O) groups is 1. The highest BCUT2D eigenvalue weighted by atomic mass is 19.4. The third kappa shape index (κ3) is 3.26. The lowest BCUT2D eigenvalue weighted by Gasteiger charge is -2.16. The highest BCUT2D eigenvalue weighted by molar-refractivity contribution is 5.94. The van der Waals surface area contributed by atoms with Gasteiger partial charge in [0.1, 0.15) is 0 Å². The van der Waals surface area contributed by atoms with Crippen LogP contribution in [0.2, 0.25) is 0 Å². The van der Waals surface area contributed by atoms with Gasteiger partial charge in [-0.25, -0.2) is 0 Å². The van der Waals surface area contributed by atoms with Gasteiger partial charge in [-0.1, -0.05) is 13.0 Å². The monoisotopic (exact) mass is 272 g/mol. The minimum absolute atomic E-state index is 0.0360. The summed E-state index contributed by atoms with van der Waals surface area (Å²) < 4.78 is 37.7. The van der Waals surface area contributed by atoms with Gasteiger partial charge in [-0.3, -0.25) is 4.79 Å². The molecule has 1 fully saturated rings. The number of nitrogens with one attached hydrogen (secondary N) is 2. The third-order valence-electron chi connectivity index (χ3n) is 3.29. The minimum Gasteiger partial charge on any atom is -0.348 e. The molecule has 1 saturated heterocycles. The van der Waals surface area contributed by atoms with Crippen LogP contribution in [-0.4, -0.2) is 25.0 Å². The summed E-state index contributed by atoms with van der Waals surface area (Å²) in [6.07, 6.45) is -4.43. The van der Waals surface area contributed by atoms with Gasteiger partial charge < -0.3 is 10.6 Å². The molecule has 3 nitrogen and oxygen atoms in total. The van der Waals surface area contributed by atoms with Crippen molar-refractivity contribution in [3.05, 3.63) is 35.4 Å². The average Bonchev–Trinajstić information content (AvgIpc) is 2.74. The fourth-order valence-corrected chi connectivity index (χ4v) is 2.09. The van der Waals surface area contributed by atoms with Gasteiger partial charge in [-0.2, -0.15) is 13.2 Å². The van der Waals surface area contributed by atoms with Gasteiger partial charge in [-0.05, 0) is 30.7 Å². The van der Waals surface area contributed by atoms with E-state index in [4.69, 9.17) is 0 Å². The second kappa shape index (κ2) is 5.21. The lowest BCUT2D eigenvalue weighted by Crippen LogP contribution is -2.39. The maximum Gasteiger partial charge on any atom is 0.416 e. The van der Waals surface area contributed by atoms with Crippen molar-refractivity contribution in [2.24, 2.45) is 5.92 Å². The molecule has 1 aliphatic rings. The Hall–Kier alpha value is -1.56. The quantitative estimate of drug-likeness (QED) is 0.865. The maximum absolute atomic E-state index is 12.6. The van der Waals surface area contributed by atoms with Crippen LogP contribution in [0.1, 0.15) is 22.8 Å². The number of carbonyl (C=O) groups excluding carboxylic acids is 1. The van der Waals surface area contributed by atoms with Crippen molar-refractivity contribution in [2.75, 3.05) is 13.1 Å². The number of alkyl halides is 3. The van der Waals surface area contributed by atoms with Crippen LogP contribution in [-0.2, 0) is 6.18 Å². The Kier molecular flexibility index (Phi) is 3.80. The molecule has 1 amide bonds.